The molecule has 3 aromatic carbocycles. The number of hydrogen-bond donors (Lipinski definition) is 1. The van der Waals surface area contributed by atoms with E-state index in [1.807, 2.05) is 61.5 Å². The minimum Gasteiger partial charge on any atom is -0.481 e. The molecule has 0 spiro atoms. The number of carbonyl (C=O) groups is 1. The Morgan fingerprint density at radius 1 is 0.926 bits per heavy atom. The molecule has 1 amide bonds. The molecule has 3 rings (SSSR count). The largest absolute Gasteiger partial charge is 0.481 e. The third-order valence-corrected chi connectivity index (χ3v) is 4.67. The van der Waals surface area contributed by atoms with Gasteiger partial charge < -0.3 is 10.1 Å². The second-order valence-corrected chi connectivity index (χ2v) is 6.86. The summed E-state index contributed by atoms with van der Waals surface area (Å²) in [6.07, 6.45) is -0.638. The lowest BCUT2D eigenvalue weighted by Gasteiger charge is -2.24. The van der Waals surface area contributed by atoms with Gasteiger partial charge in [-0.25, -0.2) is 0 Å². The van der Waals surface area contributed by atoms with E-state index in [0.29, 0.717) is 10.8 Å². The molecule has 3 nitrogen and oxygen atoms in total. The number of halogens is 1. The first-order valence-corrected chi connectivity index (χ1v) is 9.25. The summed E-state index contributed by atoms with van der Waals surface area (Å²) >= 11 is 5.90. The van der Waals surface area contributed by atoms with Crippen LogP contribution in [0.25, 0.3) is 0 Å². The highest BCUT2D eigenvalue weighted by atomic mass is 35.5. The Labute approximate surface area is 164 Å². The molecule has 0 aliphatic rings. The van der Waals surface area contributed by atoms with Crippen molar-refractivity contribution in [3.8, 4) is 5.75 Å². The summed E-state index contributed by atoms with van der Waals surface area (Å²) in [4.78, 5) is 12.8. The van der Waals surface area contributed by atoms with Gasteiger partial charge in [-0.05, 0) is 54.8 Å². The Morgan fingerprint density at radius 2 is 1.56 bits per heavy atom. The Bertz CT molecular complexity index is 894. The van der Waals surface area contributed by atoms with E-state index in [9.17, 15) is 4.79 Å². The predicted molar refractivity (Wildman–Crippen MR) is 109 cm³/mol. The van der Waals surface area contributed by atoms with Crippen molar-refractivity contribution in [2.75, 3.05) is 0 Å². The SMILES string of the molecule is Cc1ccccc1[C@H](NC(=O)[C@H](C)Oc1ccc(Cl)cc1)c1ccccc1. The molecular weight excluding hydrogens is 358 g/mol. The molecule has 0 saturated heterocycles. The summed E-state index contributed by atoms with van der Waals surface area (Å²) in [5, 5.41) is 3.76. The highest BCUT2D eigenvalue weighted by molar-refractivity contribution is 6.30. The van der Waals surface area contributed by atoms with Gasteiger partial charge >= 0.3 is 0 Å². The molecule has 0 aromatic heterocycles. The molecule has 0 aliphatic carbocycles. The van der Waals surface area contributed by atoms with Gasteiger partial charge in [0.05, 0.1) is 6.04 Å². The minimum absolute atomic E-state index is 0.179. The van der Waals surface area contributed by atoms with E-state index < -0.39 is 6.10 Å². The van der Waals surface area contributed by atoms with Crippen LogP contribution in [-0.2, 0) is 4.79 Å². The molecule has 0 heterocycles. The van der Waals surface area contributed by atoms with Crippen molar-refractivity contribution in [2.24, 2.45) is 0 Å². The van der Waals surface area contributed by atoms with Crippen molar-refractivity contribution in [3.05, 3.63) is 101 Å². The quantitative estimate of drug-likeness (QED) is 0.629. The highest BCUT2D eigenvalue weighted by Crippen LogP contribution is 2.25. The number of nitrogens with one attached hydrogen (secondary N) is 1. The summed E-state index contributed by atoms with van der Waals surface area (Å²) in [7, 11) is 0. The highest BCUT2D eigenvalue weighted by Gasteiger charge is 2.22. The minimum atomic E-state index is -0.638. The van der Waals surface area contributed by atoms with Crippen LogP contribution >= 0.6 is 11.6 Å². The van der Waals surface area contributed by atoms with Gasteiger partial charge in [0, 0.05) is 5.02 Å². The summed E-state index contributed by atoms with van der Waals surface area (Å²) in [5.41, 5.74) is 3.22. The zero-order chi connectivity index (χ0) is 19.2. The van der Waals surface area contributed by atoms with E-state index in [4.69, 9.17) is 16.3 Å². The molecule has 0 bridgehead atoms. The number of amides is 1. The van der Waals surface area contributed by atoms with E-state index >= 15 is 0 Å². The van der Waals surface area contributed by atoms with Crippen LogP contribution in [-0.4, -0.2) is 12.0 Å². The molecular formula is C23H22ClNO2. The van der Waals surface area contributed by atoms with Crippen molar-refractivity contribution in [2.45, 2.75) is 26.0 Å². The van der Waals surface area contributed by atoms with Crippen molar-refractivity contribution in [3.63, 3.8) is 0 Å². The molecule has 0 fully saturated rings. The fourth-order valence-corrected chi connectivity index (χ4v) is 3.05. The predicted octanol–water partition coefficient (Wildman–Crippen LogP) is 5.32. The Hall–Kier alpha value is -2.78. The lowest BCUT2D eigenvalue weighted by molar-refractivity contribution is -0.127. The van der Waals surface area contributed by atoms with Gasteiger partial charge in [0.2, 0.25) is 0 Å². The van der Waals surface area contributed by atoms with Crippen LogP contribution in [0.1, 0.15) is 29.7 Å². The molecule has 0 saturated carbocycles. The molecule has 27 heavy (non-hydrogen) atoms. The molecule has 0 unspecified atom stereocenters. The summed E-state index contributed by atoms with van der Waals surface area (Å²) in [6.45, 7) is 3.79. The number of rotatable bonds is 6. The maximum absolute atomic E-state index is 12.8. The first-order chi connectivity index (χ1) is 13.0. The summed E-state index contributed by atoms with van der Waals surface area (Å²) in [6, 6.07) is 24.7. The van der Waals surface area contributed by atoms with Gasteiger partial charge in [0.1, 0.15) is 5.75 Å². The molecule has 0 aliphatic heterocycles. The van der Waals surface area contributed by atoms with E-state index in [2.05, 4.69) is 5.32 Å². The third-order valence-electron chi connectivity index (χ3n) is 4.41. The monoisotopic (exact) mass is 379 g/mol. The average Bonchev–Trinajstić information content (AvgIpc) is 2.69. The molecule has 138 valence electrons. The fraction of sp³-hybridized carbons (Fsp3) is 0.174. The Balaban J connectivity index is 1.80. The van der Waals surface area contributed by atoms with E-state index in [1.165, 1.54) is 0 Å². The van der Waals surface area contributed by atoms with Gasteiger partial charge in [0.15, 0.2) is 6.10 Å². The van der Waals surface area contributed by atoms with Crippen LogP contribution in [0, 0.1) is 6.92 Å². The first kappa shape index (κ1) is 19.0. The smallest absolute Gasteiger partial charge is 0.261 e. The Kier molecular flexibility index (Phi) is 6.15. The van der Waals surface area contributed by atoms with Crippen LogP contribution < -0.4 is 10.1 Å². The van der Waals surface area contributed by atoms with Crippen LogP contribution in [0.3, 0.4) is 0 Å². The van der Waals surface area contributed by atoms with Crippen LogP contribution in [0.2, 0.25) is 5.02 Å². The van der Waals surface area contributed by atoms with E-state index in [-0.39, 0.29) is 11.9 Å². The fourth-order valence-electron chi connectivity index (χ4n) is 2.93. The summed E-state index contributed by atoms with van der Waals surface area (Å²) < 4.78 is 5.76. The van der Waals surface area contributed by atoms with Crippen molar-refractivity contribution in [1.82, 2.24) is 5.32 Å². The first-order valence-electron chi connectivity index (χ1n) is 8.87. The molecule has 0 radical (unpaired) electrons. The number of carbonyl (C=O) groups excluding carboxylic acids is 1. The second kappa shape index (κ2) is 8.74. The number of hydrogen-bond acceptors (Lipinski definition) is 2. The zero-order valence-electron chi connectivity index (χ0n) is 15.4. The standard InChI is InChI=1S/C23H22ClNO2/c1-16-8-6-7-11-21(16)22(18-9-4-3-5-10-18)25-23(26)17(2)27-20-14-12-19(24)13-15-20/h3-15,17,22H,1-2H3,(H,25,26)/t17-,22+/m0/s1. The number of benzene rings is 3. The van der Waals surface area contributed by atoms with E-state index in [1.54, 1.807) is 31.2 Å². The van der Waals surface area contributed by atoms with Gasteiger partial charge in [-0.1, -0.05) is 66.2 Å². The van der Waals surface area contributed by atoms with Gasteiger partial charge in [-0.2, -0.15) is 0 Å². The van der Waals surface area contributed by atoms with E-state index in [0.717, 1.165) is 16.7 Å². The lowest BCUT2D eigenvalue weighted by atomic mass is 9.95. The lowest BCUT2D eigenvalue weighted by Crippen LogP contribution is -2.39. The maximum atomic E-state index is 12.8. The third kappa shape index (κ3) is 4.89. The Morgan fingerprint density at radius 3 is 2.22 bits per heavy atom. The number of ether oxygens (including phenoxy) is 1. The van der Waals surface area contributed by atoms with Crippen molar-refractivity contribution >= 4 is 17.5 Å². The molecule has 2 atom stereocenters. The maximum Gasteiger partial charge on any atom is 0.261 e. The average molecular weight is 380 g/mol. The summed E-state index contributed by atoms with van der Waals surface area (Å²) in [5.74, 6) is 0.427. The van der Waals surface area contributed by atoms with Crippen LogP contribution in [0.4, 0.5) is 0 Å². The van der Waals surface area contributed by atoms with Gasteiger partial charge in [0.25, 0.3) is 5.91 Å². The van der Waals surface area contributed by atoms with Crippen molar-refractivity contribution in [1.29, 1.82) is 0 Å². The normalized spacial score (nSPS) is 12.9. The zero-order valence-corrected chi connectivity index (χ0v) is 16.1. The van der Waals surface area contributed by atoms with Gasteiger partial charge in [-0.15, -0.1) is 0 Å². The number of aryl methyl sites for hydroxylation is 1. The van der Waals surface area contributed by atoms with Crippen LogP contribution in [0.15, 0.2) is 78.9 Å². The second-order valence-electron chi connectivity index (χ2n) is 6.42. The van der Waals surface area contributed by atoms with Crippen molar-refractivity contribution < 1.29 is 9.53 Å². The van der Waals surface area contributed by atoms with Gasteiger partial charge in [-0.3, -0.25) is 4.79 Å². The van der Waals surface area contributed by atoms with Crippen LogP contribution in [0.5, 0.6) is 5.75 Å². The molecule has 4 heteroatoms. The topological polar surface area (TPSA) is 38.3 Å². The molecule has 3 aromatic rings. The molecule has 1 N–H and O–H groups in total.